The molecule has 5 nitrogen and oxygen atoms in total. The second-order valence-electron chi connectivity index (χ2n) is 5.16. The molecule has 3 rings (SSSR count). The van der Waals surface area contributed by atoms with Crippen molar-refractivity contribution in [2.75, 3.05) is 6.61 Å². The molecule has 0 saturated carbocycles. The molecule has 0 saturated heterocycles. The fraction of sp³-hybridized carbons (Fsp3) is 0.333. The van der Waals surface area contributed by atoms with Gasteiger partial charge in [-0.05, 0) is 43.9 Å². The molecule has 0 fully saturated rings. The maximum absolute atomic E-state index is 10.7. The highest BCUT2D eigenvalue weighted by molar-refractivity contribution is 6.06. The Morgan fingerprint density at radius 3 is 3.10 bits per heavy atom. The number of H-pyrrole nitrogens is 1. The van der Waals surface area contributed by atoms with Gasteiger partial charge in [0.2, 0.25) is 0 Å². The van der Waals surface area contributed by atoms with Crippen LogP contribution in [0, 0.1) is 6.92 Å². The standard InChI is InChI=1S/C15H17N3O2/c1-9-5-6-12-11(7-9)10-3-2-4-13(15(10)17-12)18-20-8-14(16)19/h5-7,17H,2-4,8H2,1H3,(H2,16,19). The van der Waals surface area contributed by atoms with E-state index in [9.17, 15) is 4.79 Å². The lowest BCUT2D eigenvalue weighted by atomic mass is 9.94. The number of rotatable bonds is 3. The van der Waals surface area contributed by atoms with E-state index in [1.54, 1.807) is 0 Å². The Hall–Kier alpha value is -2.30. The molecule has 1 aliphatic carbocycles. The topological polar surface area (TPSA) is 80.5 Å². The molecule has 0 unspecified atom stereocenters. The summed E-state index contributed by atoms with van der Waals surface area (Å²) >= 11 is 0. The number of nitrogens with one attached hydrogen (secondary N) is 1. The first-order valence-electron chi connectivity index (χ1n) is 6.74. The third-order valence-electron chi connectivity index (χ3n) is 3.57. The Balaban J connectivity index is 2.00. The van der Waals surface area contributed by atoms with E-state index in [0.29, 0.717) is 0 Å². The van der Waals surface area contributed by atoms with Crippen molar-refractivity contribution in [3.8, 4) is 0 Å². The summed E-state index contributed by atoms with van der Waals surface area (Å²) in [5.41, 5.74) is 10.6. The number of carbonyl (C=O) groups excluding carboxylic acids is 1. The summed E-state index contributed by atoms with van der Waals surface area (Å²) in [6, 6.07) is 6.37. The average Bonchev–Trinajstić information content (AvgIpc) is 2.77. The molecule has 104 valence electrons. The lowest BCUT2D eigenvalue weighted by Gasteiger charge is -2.13. The Kier molecular flexibility index (Phi) is 3.18. The van der Waals surface area contributed by atoms with Crippen molar-refractivity contribution in [1.29, 1.82) is 0 Å². The molecule has 0 radical (unpaired) electrons. The van der Waals surface area contributed by atoms with E-state index in [-0.39, 0.29) is 6.61 Å². The Morgan fingerprint density at radius 1 is 1.45 bits per heavy atom. The van der Waals surface area contributed by atoms with Crippen molar-refractivity contribution < 1.29 is 9.63 Å². The third-order valence-corrected chi connectivity index (χ3v) is 3.57. The Labute approximate surface area is 116 Å². The number of nitrogens with two attached hydrogens (primary N) is 1. The number of amides is 1. The predicted molar refractivity (Wildman–Crippen MR) is 77.7 cm³/mol. The van der Waals surface area contributed by atoms with Crippen LogP contribution in [0.1, 0.15) is 29.7 Å². The number of benzene rings is 1. The van der Waals surface area contributed by atoms with Crippen LogP contribution in [-0.2, 0) is 16.1 Å². The van der Waals surface area contributed by atoms with Crippen LogP contribution >= 0.6 is 0 Å². The lowest BCUT2D eigenvalue weighted by Crippen LogP contribution is -2.18. The van der Waals surface area contributed by atoms with Crippen LogP contribution in [0.3, 0.4) is 0 Å². The van der Waals surface area contributed by atoms with Crippen LogP contribution in [0.4, 0.5) is 0 Å². The van der Waals surface area contributed by atoms with Crippen LogP contribution in [0.15, 0.2) is 23.4 Å². The number of aryl methyl sites for hydroxylation is 2. The number of fused-ring (bicyclic) bond motifs is 3. The first-order chi connectivity index (χ1) is 9.65. The van der Waals surface area contributed by atoms with Crippen LogP contribution < -0.4 is 5.73 Å². The van der Waals surface area contributed by atoms with Crippen molar-refractivity contribution >= 4 is 22.5 Å². The monoisotopic (exact) mass is 271 g/mol. The minimum absolute atomic E-state index is 0.182. The number of aromatic nitrogens is 1. The summed E-state index contributed by atoms with van der Waals surface area (Å²) in [7, 11) is 0. The van der Waals surface area contributed by atoms with Gasteiger partial charge in [0.05, 0.1) is 5.69 Å². The van der Waals surface area contributed by atoms with Crippen LogP contribution in [0.5, 0.6) is 0 Å². The molecule has 0 bridgehead atoms. The van der Waals surface area contributed by atoms with Gasteiger partial charge in [-0.3, -0.25) is 4.79 Å². The zero-order chi connectivity index (χ0) is 14.1. The van der Waals surface area contributed by atoms with E-state index < -0.39 is 5.91 Å². The van der Waals surface area contributed by atoms with Crippen molar-refractivity contribution in [1.82, 2.24) is 4.98 Å². The van der Waals surface area contributed by atoms with Crippen molar-refractivity contribution in [3.05, 3.63) is 35.0 Å². The number of carbonyl (C=O) groups is 1. The molecule has 1 aromatic heterocycles. The van der Waals surface area contributed by atoms with E-state index in [0.717, 1.165) is 36.2 Å². The van der Waals surface area contributed by atoms with Gasteiger partial charge in [0, 0.05) is 10.9 Å². The van der Waals surface area contributed by atoms with Gasteiger partial charge in [0.15, 0.2) is 6.61 Å². The SMILES string of the molecule is Cc1ccc2[nH]c3c(c2c1)CCCC3=NOCC(N)=O. The molecule has 1 amide bonds. The zero-order valence-corrected chi connectivity index (χ0v) is 11.4. The molecule has 0 spiro atoms. The number of hydrogen-bond acceptors (Lipinski definition) is 3. The maximum Gasteiger partial charge on any atom is 0.258 e. The van der Waals surface area contributed by atoms with Gasteiger partial charge in [0.1, 0.15) is 5.71 Å². The molecule has 1 aromatic carbocycles. The van der Waals surface area contributed by atoms with Gasteiger partial charge >= 0.3 is 0 Å². The lowest BCUT2D eigenvalue weighted by molar-refractivity contribution is -0.122. The zero-order valence-electron chi connectivity index (χ0n) is 11.4. The molecule has 0 aliphatic heterocycles. The number of aromatic amines is 1. The van der Waals surface area contributed by atoms with E-state index in [2.05, 4.69) is 35.3 Å². The summed E-state index contributed by atoms with van der Waals surface area (Å²) in [5.74, 6) is -0.516. The molecule has 1 aliphatic rings. The normalized spacial score (nSPS) is 16.4. The fourth-order valence-electron chi connectivity index (χ4n) is 2.69. The van der Waals surface area contributed by atoms with Crippen molar-refractivity contribution in [2.45, 2.75) is 26.2 Å². The van der Waals surface area contributed by atoms with Crippen molar-refractivity contribution in [2.24, 2.45) is 10.9 Å². The van der Waals surface area contributed by atoms with Gasteiger partial charge in [-0.15, -0.1) is 0 Å². The number of nitrogens with zero attached hydrogens (tertiary/aromatic N) is 1. The number of oxime groups is 1. The Morgan fingerprint density at radius 2 is 2.30 bits per heavy atom. The van der Waals surface area contributed by atoms with Gasteiger partial charge in [-0.1, -0.05) is 16.8 Å². The highest BCUT2D eigenvalue weighted by Crippen LogP contribution is 2.30. The fourth-order valence-corrected chi connectivity index (χ4v) is 2.69. The molecular formula is C15H17N3O2. The smallest absolute Gasteiger partial charge is 0.258 e. The number of primary amides is 1. The quantitative estimate of drug-likeness (QED) is 0.837. The molecule has 1 heterocycles. The Bertz CT molecular complexity index is 700. The summed E-state index contributed by atoms with van der Waals surface area (Å²) in [6.45, 7) is 1.91. The van der Waals surface area contributed by atoms with Crippen LogP contribution in [0.2, 0.25) is 0 Å². The average molecular weight is 271 g/mol. The predicted octanol–water partition coefficient (Wildman–Crippen LogP) is 2.02. The second-order valence-corrected chi connectivity index (χ2v) is 5.16. The van der Waals surface area contributed by atoms with E-state index in [1.807, 2.05) is 0 Å². The van der Waals surface area contributed by atoms with Crippen LogP contribution in [-0.4, -0.2) is 23.2 Å². The van der Waals surface area contributed by atoms with Crippen molar-refractivity contribution in [3.63, 3.8) is 0 Å². The summed E-state index contributed by atoms with van der Waals surface area (Å²) in [4.78, 5) is 19.1. The van der Waals surface area contributed by atoms with Gasteiger partial charge in [0.25, 0.3) is 5.91 Å². The van der Waals surface area contributed by atoms with Gasteiger partial charge in [-0.25, -0.2) is 0 Å². The van der Waals surface area contributed by atoms with Gasteiger partial charge in [-0.2, -0.15) is 0 Å². The van der Waals surface area contributed by atoms with Gasteiger partial charge < -0.3 is 15.6 Å². The molecule has 2 aromatic rings. The molecule has 5 heteroatoms. The first-order valence-corrected chi connectivity index (χ1v) is 6.74. The largest absolute Gasteiger partial charge is 0.385 e. The maximum atomic E-state index is 10.7. The molecule has 3 N–H and O–H groups in total. The number of hydrogen-bond donors (Lipinski definition) is 2. The van der Waals surface area contributed by atoms with Crippen LogP contribution in [0.25, 0.3) is 10.9 Å². The minimum Gasteiger partial charge on any atom is -0.385 e. The first kappa shape index (κ1) is 12.7. The van der Waals surface area contributed by atoms with E-state index in [4.69, 9.17) is 10.6 Å². The molecular weight excluding hydrogens is 254 g/mol. The summed E-state index contributed by atoms with van der Waals surface area (Å²) < 4.78 is 0. The molecule has 20 heavy (non-hydrogen) atoms. The third kappa shape index (κ3) is 2.27. The highest BCUT2D eigenvalue weighted by Gasteiger charge is 2.21. The summed E-state index contributed by atoms with van der Waals surface area (Å²) in [6.07, 6.45) is 2.91. The minimum atomic E-state index is -0.516. The van der Waals surface area contributed by atoms with E-state index >= 15 is 0 Å². The second kappa shape index (κ2) is 5.00. The highest BCUT2D eigenvalue weighted by atomic mass is 16.6. The summed E-state index contributed by atoms with van der Waals surface area (Å²) in [5, 5.41) is 5.32. The van der Waals surface area contributed by atoms with E-state index in [1.165, 1.54) is 16.5 Å². The molecule has 0 atom stereocenters.